The molecule has 30 heavy (non-hydrogen) atoms. The summed E-state index contributed by atoms with van der Waals surface area (Å²) in [5.74, 6) is 1.16. The molecule has 1 aliphatic rings. The van der Waals surface area contributed by atoms with Gasteiger partial charge in [0.2, 0.25) is 5.95 Å². The molecule has 6 nitrogen and oxygen atoms in total. The number of hydrogen-bond donors (Lipinski definition) is 1. The largest absolute Gasteiger partial charge is 0.371 e. The molecule has 158 valence electrons. The van der Waals surface area contributed by atoms with Crippen molar-refractivity contribution in [2.24, 2.45) is 5.92 Å². The molecule has 0 unspecified atom stereocenters. The van der Waals surface area contributed by atoms with Gasteiger partial charge in [0.15, 0.2) is 0 Å². The van der Waals surface area contributed by atoms with Gasteiger partial charge in [-0.3, -0.25) is 4.79 Å². The van der Waals surface area contributed by atoms with Gasteiger partial charge in [0.25, 0.3) is 0 Å². The molecule has 6 heteroatoms. The van der Waals surface area contributed by atoms with Crippen molar-refractivity contribution >= 4 is 34.1 Å². The lowest BCUT2D eigenvalue weighted by Crippen LogP contribution is -2.35. The van der Waals surface area contributed by atoms with Crippen LogP contribution in [0.2, 0.25) is 0 Å². The molecule has 2 aromatic heterocycles. The first kappa shape index (κ1) is 20.4. The maximum absolute atomic E-state index is 11.6. The molecule has 0 aliphatic carbocycles. The Morgan fingerprint density at radius 3 is 2.47 bits per heavy atom. The number of carbonyl (C=O) groups is 1. The number of ketones is 1. The molecule has 1 aromatic carbocycles. The Balaban J connectivity index is 1.46. The monoisotopic (exact) mass is 405 g/mol. The van der Waals surface area contributed by atoms with Gasteiger partial charge in [-0.05, 0) is 62.9 Å². The summed E-state index contributed by atoms with van der Waals surface area (Å²) in [7, 11) is 0. The Kier molecular flexibility index (Phi) is 6.02. The number of nitrogens with zero attached hydrogens (tertiary/aromatic N) is 4. The van der Waals surface area contributed by atoms with Gasteiger partial charge in [0, 0.05) is 54.2 Å². The van der Waals surface area contributed by atoms with Gasteiger partial charge in [0.1, 0.15) is 11.4 Å². The quantitative estimate of drug-likeness (QED) is 0.575. The highest BCUT2D eigenvalue weighted by Gasteiger charge is 2.22. The van der Waals surface area contributed by atoms with Crippen molar-refractivity contribution in [1.29, 1.82) is 0 Å². The van der Waals surface area contributed by atoms with Crippen molar-refractivity contribution in [3.63, 3.8) is 0 Å². The van der Waals surface area contributed by atoms with E-state index in [-0.39, 0.29) is 5.92 Å². The molecule has 0 radical (unpaired) electrons. The summed E-state index contributed by atoms with van der Waals surface area (Å²) in [6.45, 7) is 8.00. The molecule has 1 N–H and O–H groups in total. The minimum Gasteiger partial charge on any atom is -0.371 e. The molecule has 1 saturated heterocycles. The zero-order valence-electron chi connectivity index (χ0n) is 18.1. The molecular formula is C24H31N5O. The van der Waals surface area contributed by atoms with E-state index in [4.69, 9.17) is 4.98 Å². The molecule has 3 aromatic rings. The Bertz CT molecular complexity index is 998. The van der Waals surface area contributed by atoms with E-state index in [0.717, 1.165) is 55.5 Å². The number of Topliss-reactive ketones (excluding diaryl/α,β-unsaturated/α-hetero) is 1. The summed E-state index contributed by atoms with van der Waals surface area (Å²) < 4.78 is 2.26. The fourth-order valence-corrected chi connectivity index (χ4v) is 4.40. The number of piperidine rings is 1. The summed E-state index contributed by atoms with van der Waals surface area (Å²) in [5, 5.41) is 4.41. The lowest BCUT2D eigenvalue weighted by molar-refractivity contribution is -0.121. The number of fused-ring (bicyclic) bond motifs is 1. The summed E-state index contributed by atoms with van der Waals surface area (Å²) in [6, 6.07) is 10.9. The Labute approximate surface area is 178 Å². The predicted octanol–water partition coefficient (Wildman–Crippen LogP) is 5.34. The van der Waals surface area contributed by atoms with Gasteiger partial charge in [-0.25, -0.2) is 4.98 Å². The fraction of sp³-hybridized carbons (Fsp3) is 0.458. The number of nitrogens with one attached hydrogen (secondary N) is 1. The molecule has 3 heterocycles. The average Bonchev–Trinajstić information content (AvgIpc) is 3.18. The second-order valence-electron chi connectivity index (χ2n) is 8.21. The highest BCUT2D eigenvalue weighted by molar-refractivity contribution is 5.79. The smallest absolute Gasteiger partial charge is 0.229 e. The zero-order valence-corrected chi connectivity index (χ0v) is 18.1. The van der Waals surface area contributed by atoms with Crippen molar-refractivity contribution in [3.8, 4) is 0 Å². The fourth-order valence-electron chi connectivity index (χ4n) is 4.40. The van der Waals surface area contributed by atoms with Crippen LogP contribution in [0.3, 0.4) is 0 Å². The van der Waals surface area contributed by atoms with Crippen LogP contribution in [0.5, 0.6) is 0 Å². The van der Waals surface area contributed by atoms with Crippen molar-refractivity contribution < 1.29 is 4.79 Å². The average molecular weight is 406 g/mol. The molecule has 0 atom stereocenters. The summed E-state index contributed by atoms with van der Waals surface area (Å²) >= 11 is 0. The standard InChI is InChI=1S/C24H31N5O/c1-4-21(5-2)29-15-12-19-16-25-24(27-23(19)29)26-20-6-8-22(9-7-20)28-13-10-18(11-14-28)17(3)30/h6-9,12,15-16,18,21H,4-5,10-11,13-14H2,1-3H3,(H,25,26,27). The van der Waals surface area contributed by atoms with Crippen LogP contribution >= 0.6 is 0 Å². The van der Waals surface area contributed by atoms with Crippen molar-refractivity contribution in [3.05, 3.63) is 42.7 Å². The zero-order chi connectivity index (χ0) is 21.1. The van der Waals surface area contributed by atoms with Crippen LogP contribution in [0.25, 0.3) is 11.0 Å². The molecule has 0 amide bonds. The molecule has 0 bridgehead atoms. The van der Waals surface area contributed by atoms with Gasteiger partial charge in [-0.2, -0.15) is 4.98 Å². The number of anilines is 3. The minimum atomic E-state index is 0.230. The van der Waals surface area contributed by atoms with Crippen LogP contribution in [-0.4, -0.2) is 33.4 Å². The maximum Gasteiger partial charge on any atom is 0.229 e. The predicted molar refractivity (Wildman–Crippen MR) is 122 cm³/mol. The van der Waals surface area contributed by atoms with Gasteiger partial charge in [-0.1, -0.05) is 13.8 Å². The molecule has 0 spiro atoms. The topological polar surface area (TPSA) is 63.1 Å². The van der Waals surface area contributed by atoms with Gasteiger partial charge >= 0.3 is 0 Å². The highest BCUT2D eigenvalue weighted by atomic mass is 16.1. The molecular weight excluding hydrogens is 374 g/mol. The number of benzene rings is 1. The Morgan fingerprint density at radius 1 is 1.13 bits per heavy atom. The van der Waals surface area contributed by atoms with Crippen molar-refractivity contribution in [1.82, 2.24) is 14.5 Å². The lowest BCUT2D eigenvalue weighted by atomic mass is 9.93. The molecule has 4 rings (SSSR count). The minimum absolute atomic E-state index is 0.230. The highest BCUT2D eigenvalue weighted by Crippen LogP contribution is 2.27. The second-order valence-corrected chi connectivity index (χ2v) is 8.21. The third-order valence-electron chi connectivity index (χ3n) is 6.35. The van der Waals surface area contributed by atoms with Crippen LogP contribution in [-0.2, 0) is 4.79 Å². The van der Waals surface area contributed by atoms with Gasteiger partial charge in [-0.15, -0.1) is 0 Å². The van der Waals surface area contributed by atoms with Crippen LogP contribution < -0.4 is 10.2 Å². The van der Waals surface area contributed by atoms with Crippen LogP contribution in [0.15, 0.2) is 42.7 Å². The number of rotatable bonds is 7. The SMILES string of the molecule is CCC(CC)n1ccc2cnc(Nc3ccc(N4CCC(C(C)=O)CC4)cc3)nc21. The summed E-state index contributed by atoms with van der Waals surface area (Å²) in [5.41, 5.74) is 3.14. The number of aromatic nitrogens is 3. The Morgan fingerprint density at radius 2 is 1.83 bits per heavy atom. The van der Waals surface area contributed by atoms with E-state index in [0.29, 0.717) is 17.8 Å². The molecule has 1 fully saturated rings. The molecule has 0 saturated carbocycles. The number of carbonyl (C=O) groups excluding carboxylic acids is 1. The summed E-state index contributed by atoms with van der Waals surface area (Å²) in [6.07, 6.45) is 8.05. The normalized spacial score (nSPS) is 15.1. The maximum atomic E-state index is 11.6. The van der Waals surface area contributed by atoms with Crippen LogP contribution in [0, 0.1) is 5.92 Å². The van der Waals surface area contributed by atoms with E-state index in [9.17, 15) is 4.79 Å². The van der Waals surface area contributed by atoms with Crippen molar-refractivity contribution in [2.75, 3.05) is 23.3 Å². The first-order chi connectivity index (χ1) is 14.6. The van der Waals surface area contributed by atoms with E-state index < -0.39 is 0 Å². The van der Waals surface area contributed by atoms with E-state index >= 15 is 0 Å². The van der Waals surface area contributed by atoms with E-state index in [1.165, 1.54) is 5.69 Å². The van der Waals surface area contributed by atoms with Crippen molar-refractivity contribution in [2.45, 2.75) is 52.5 Å². The van der Waals surface area contributed by atoms with E-state index in [2.05, 4.69) is 70.1 Å². The van der Waals surface area contributed by atoms with Gasteiger partial charge < -0.3 is 14.8 Å². The Hall–Kier alpha value is -2.89. The van der Waals surface area contributed by atoms with Crippen LogP contribution in [0.1, 0.15) is 52.5 Å². The third kappa shape index (κ3) is 4.18. The summed E-state index contributed by atoms with van der Waals surface area (Å²) in [4.78, 5) is 23.2. The number of hydrogen-bond acceptors (Lipinski definition) is 5. The van der Waals surface area contributed by atoms with Gasteiger partial charge in [0.05, 0.1) is 0 Å². The molecule has 1 aliphatic heterocycles. The van der Waals surface area contributed by atoms with Crippen LogP contribution in [0.4, 0.5) is 17.3 Å². The lowest BCUT2D eigenvalue weighted by Gasteiger charge is -2.32. The van der Waals surface area contributed by atoms with E-state index in [1.54, 1.807) is 6.92 Å². The van der Waals surface area contributed by atoms with E-state index in [1.807, 2.05) is 6.20 Å². The second kappa shape index (κ2) is 8.86. The first-order valence-electron chi connectivity index (χ1n) is 11.0. The third-order valence-corrected chi connectivity index (χ3v) is 6.35. The first-order valence-corrected chi connectivity index (χ1v) is 11.0.